The van der Waals surface area contributed by atoms with Crippen LogP contribution in [0.1, 0.15) is 37.5 Å². The molecule has 0 heterocycles. The van der Waals surface area contributed by atoms with Crippen molar-refractivity contribution in [2.75, 3.05) is 0 Å². The first-order valence-corrected chi connectivity index (χ1v) is 5.93. The highest BCUT2D eigenvalue weighted by molar-refractivity contribution is 5.84. The number of aryl methyl sites for hydroxylation is 2. The molecule has 3 heteroatoms. The Kier molecular flexibility index (Phi) is 4.29. The second-order valence-electron chi connectivity index (χ2n) is 5.47. The van der Waals surface area contributed by atoms with Gasteiger partial charge in [0.1, 0.15) is 5.84 Å². The number of hydrogen-bond donors (Lipinski definition) is 2. The Bertz CT molecular complexity index is 414. The van der Waals surface area contributed by atoms with E-state index in [9.17, 15) is 0 Å². The molecule has 0 aromatic heterocycles. The van der Waals surface area contributed by atoms with Crippen molar-refractivity contribution in [3.05, 3.63) is 34.9 Å². The first kappa shape index (κ1) is 13.7. The molecule has 0 aliphatic carbocycles. The van der Waals surface area contributed by atoms with Crippen LogP contribution in [0.15, 0.2) is 23.2 Å². The van der Waals surface area contributed by atoms with Crippen molar-refractivity contribution in [2.24, 2.45) is 10.8 Å². The Balaban J connectivity index is 2.88. The Morgan fingerprint density at radius 2 is 1.88 bits per heavy atom. The van der Waals surface area contributed by atoms with Gasteiger partial charge in [0.15, 0.2) is 0 Å². The van der Waals surface area contributed by atoms with E-state index in [1.54, 1.807) is 0 Å². The molecular formula is C14H23N3. The molecule has 3 N–H and O–H groups in total. The van der Waals surface area contributed by atoms with Gasteiger partial charge < -0.3 is 5.43 Å². The largest absolute Gasteiger partial charge is 0.312 e. The van der Waals surface area contributed by atoms with Crippen LogP contribution in [-0.4, -0.2) is 11.4 Å². The van der Waals surface area contributed by atoms with Crippen LogP contribution in [0.5, 0.6) is 0 Å². The molecule has 0 saturated heterocycles. The van der Waals surface area contributed by atoms with E-state index in [1.807, 2.05) is 0 Å². The normalized spacial score (nSPS) is 12.7. The van der Waals surface area contributed by atoms with Crippen molar-refractivity contribution in [1.82, 2.24) is 5.43 Å². The average molecular weight is 233 g/mol. The molecule has 0 atom stereocenters. The van der Waals surface area contributed by atoms with Crippen molar-refractivity contribution >= 4 is 5.84 Å². The predicted octanol–water partition coefficient (Wildman–Crippen LogP) is 2.51. The molecule has 0 aliphatic rings. The molecule has 0 spiro atoms. The van der Waals surface area contributed by atoms with Crippen molar-refractivity contribution in [3.63, 3.8) is 0 Å². The van der Waals surface area contributed by atoms with E-state index in [2.05, 4.69) is 63.2 Å². The molecule has 1 aromatic rings. The molecule has 0 unspecified atom stereocenters. The maximum absolute atomic E-state index is 5.51. The van der Waals surface area contributed by atoms with Crippen molar-refractivity contribution in [1.29, 1.82) is 0 Å². The third-order valence-corrected chi connectivity index (χ3v) is 2.58. The van der Waals surface area contributed by atoms with Gasteiger partial charge >= 0.3 is 0 Å². The lowest BCUT2D eigenvalue weighted by Gasteiger charge is -2.16. The molecular weight excluding hydrogens is 210 g/mol. The van der Waals surface area contributed by atoms with Crippen LogP contribution in [-0.2, 0) is 6.42 Å². The highest BCUT2D eigenvalue weighted by Crippen LogP contribution is 2.12. The maximum Gasteiger partial charge on any atom is 0.115 e. The topological polar surface area (TPSA) is 50.4 Å². The number of aliphatic imine (C=N–C) groups is 1. The Hall–Kier alpha value is -1.35. The van der Waals surface area contributed by atoms with Gasteiger partial charge in [0.2, 0.25) is 0 Å². The Morgan fingerprint density at radius 1 is 1.24 bits per heavy atom. The van der Waals surface area contributed by atoms with Crippen LogP contribution in [0, 0.1) is 13.8 Å². The minimum absolute atomic E-state index is 0.110. The van der Waals surface area contributed by atoms with Crippen LogP contribution >= 0.6 is 0 Å². The van der Waals surface area contributed by atoms with Gasteiger partial charge in [-0.3, -0.25) is 4.99 Å². The fourth-order valence-electron chi connectivity index (χ4n) is 1.63. The molecule has 0 aliphatic heterocycles. The first-order chi connectivity index (χ1) is 7.81. The number of hydrazine groups is 1. The van der Waals surface area contributed by atoms with E-state index < -0.39 is 0 Å². The summed E-state index contributed by atoms with van der Waals surface area (Å²) >= 11 is 0. The Morgan fingerprint density at radius 3 is 2.35 bits per heavy atom. The van der Waals surface area contributed by atoms with Gasteiger partial charge in [0.05, 0.1) is 5.54 Å². The molecule has 0 fully saturated rings. The van der Waals surface area contributed by atoms with Crippen LogP contribution in [0.2, 0.25) is 0 Å². The summed E-state index contributed by atoms with van der Waals surface area (Å²) in [6.45, 7) is 10.4. The number of amidine groups is 1. The van der Waals surface area contributed by atoms with Gasteiger partial charge in [-0.2, -0.15) is 0 Å². The summed E-state index contributed by atoms with van der Waals surface area (Å²) in [6, 6.07) is 6.44. The molecule has 0 amide bonds. The van der Waals surface area contributed by atoms with Gasteiger partial charge in [0.25, 0.3) is 0 Å². The van der Waals surface area contributed by atoms with E-state index >= 15 is 0 Å². The second-order valence-corrected chi connectivity index (χ2v) is 5.47. The number of benzene rings is 1. The summed E-state index contributed by atoms with van der Waals surface area (Å²) in [5.74, 6) is 6.34. The zero-order valence-corrected chi connectivity index (χ0v) is 11.5. The molecule has 3 nitrogen and oxygen atoms in total. The van der Waals surface area contributed by atoms with Crippen molar-refractivity contribution in [2.45, 2.75) is 46.6 Å². The smallest absolute Gasteiger partial charge is 0.115 e. The van der Waals surface area contributed by atoms with E-state index in [0.29, 0.717) is 0 Å². The minimum atomic E-state index is -0.110. The first-order valence-electron chi connectivity index (χ1n) is 5.93. The fraction of sp³-hybridized carbons (Fsp3) is 0.500. The molecule has 0 bridgehead atoms. The summed E-state index contributed by atoms with van der Waals surface area (Å²) in [7, 11) is 0. The minimum Gasteiger partial charge on any atom is -0.312 e. The highest BCUT2D eigenvalue weighted by atomic mass is 15.3. The van der Waals surface area contributed by atoms with Gasteiger partial charge in [0, 0.05) is 6.42 Å². The van der Waals surface area contributed by atoms with Gasteiger partial charge in [-0.1, -0.05) is 18.2 Å². The lowest BCUT2D eigenvalue weighted by Crippen LogP contribution is -2.34. The highest BCUT2D eigenvalue weighted by Gasteiger charge is 2.10. The van der Waals surface area contributed by atoms with Gasteiger partial charge in [-0.25, -0.2) is 5.84 Å². The average Bonchev–Trinajstić information content (AvgIpc) is 2.20. The maximum atomic E-state index is 5.51. The van der Waals surface area contributed by atoms with Crippen molar-refractivity contribution < 1.29 is 0 Å². The number of nitrogens with zero attached hydrogens (tertiary/aromatic N) is 1. The number of nitrogens with two attached hydrogens (primary N) is 1. The van der Waals surface area contributed by atoms with Crippen LogP contribution in [0.3, 0.4) is 0 Å². The second kappa shape index (κ2) is 5.32. The zero-order valence-electron chi connectivity index (χ0n) is 11.5. The summed E-state index contributed by atoms with van der Waals surface area (Å²) in [5, 5.41) is 0. The molecule has 17 heavy (non-hydrogen) atoms. The van der Waals surface area contributed by atoms with Crippen molar-refractivity contribution in [3.8, 4) is 0 Å². The van der Waals surface area contributed by atoms with Crippen LogP contribution in [0.25, 0.3) is 0 Å². The van der Waals surface area contributed by atoms with Gasteiger partial charge in [-0.15, -0.1) is 0 Å². The summed E-state index contributed by atoms with van der Waals surface area (Å²) < 4.78 is 0. The van der Waals surface area contributed by atoms with Crippen LogP contribution in [0.4, 0.5) is 0 Å². The molecule has 0 saturated carbocycles. The van der Waals surface area contributed by atoms with E-state index in [0.717, 1.165) is 12.3 Å². The van der Waals surface area contributed by atoms with E-state index in [-0.39, 0.29) is 5.54 Å². The van der Waals surface area contributed by atoms with Crippen LogP contribution < -0.4 is 11.3 Å². The Labute approximate surface area is 104 Å². The number of nitrogens with one attached hydrogen (secondary N) is 1. The van der Waals surface area contributed by atoms with E-state index in [4.69, 9.17) is 5.84 Å². The number of rotatable bonds is 2. The quantitative estimate of drug-likeness (QED) is 0.357. The lowest BCUT2D eigenvalue weighted by atomic mass is 10.0. The fourth-order valence-corrected chi connectivity index (χ4v) is 1.63. The summed E-state index contributed by atoms with van der Waals surface area (Å²) in [5.41, 5.74) is 6.42. The molecule has 1 aromatic carbocycles. The summed E-state index contributed by atoms with van der Waals surface area (Å²) in [4.78, 5) is 4.56. The van der Waals surface area contributed by atoms with Gasteiger partial charge in [-0.05, 0) is 51.3 Å². The molecule has 0 radical (unpaired) electrons. The van der Waals surface area contributed by atoms with E-state index in [1.165, 1.54) is 16.7 Å². The molecule has 94 valence electrons. The third kappa shape index (κ3) is 4.57. The number of hydrogen-bond acceptors (Lipinski definition) is 2. The zero-order chi connectivity index (χ0) is 13.1. The monoisotopic (exact) mass is 233 g/mol. The standard InChI is InChI=1S/C14H23N3/c1-10-6-7-12(8-11(10)2)9-13(17-15)16-14(3,4)5/h6-8H,9,15H2,1-5H3,(H,16,17). The third-order valence-electron chi connectivity index (χ3n) is 2.58. The SMILES string of the molecule is Cc1ccc(CC(=NC(C)(C)C)NN)cc1C. The molecule has 1 rings (SSSR count). The summed E-state index contributed by atoms with van der Waals surface area (Å²) in [6.07, 6.45) is 0.745. The lowest BCUT2D eigenvalue weighted by molar-refractivity contribution is 0.578. The predicted molar refractivity (Wildman–Crippen MR) is 74.1 cm³/mol.